The quantitative estimate of drug-likeness (QED) is 0.674. The molecule has 0 radical (unpaired) electrons. The summed E-state index contributed by atoms with van der Waals surface area (Å²) < 4.78 is 13.6. The zero-order chi connectivity index (χ0) is 13.5. The molecular weight excluding hydrogens is 238 g/mol. The first-order chi connectivity index (χ1) is 9.36. The van der Waals surface area contributed by atoms with Gasteiger partial charge in [0.2, 0.25) is 0 Å². The Bertz CT molecular complexity index is 504. The van der Waals surface area contributed by atoms with Crippen LogP contribution in [0.3, 0.4) is 0 Å². The highest BCUT2D eigenvalue weighted by Gasteiger charge is 2.06. The fourth-order valence-corrected chi connectivity index (χ4v) is 2.14. The summed E-state index contributed by atoms with van der Waals surface area (Å²) in [5, 5.41) is 1.19. The molecule has 0 atom stereocenters. The molecule has 0 aliphatic carbocycles. The summed E-state index contributed by atoms with van der Waals surface area (Å²) in [5.74, 6) is 0.979. The van der Waals surface area contributed by atoms with Crippen LogP contribution in [0.4, 0.5) is 0 Å². The van der Waals surface area contributed by atoms with Crippen LogP contribution in [0.2, 0.25) is 0 Å². The molecule has 0 saturated heterocycles. The highest BCUT2D eigenvalue weighted by molar-refractivity contribution is 5.86. The van der Waals surface area contributed by atoms with Crippen LogP contribution in [0.5, 0.6) is 5.75 Å². The van der Waals surface area contributed by atoms with Crippen LogP contribution in [-0.4, -0.2) is 24.4 Å². The summed E-state index contributed by atoms with van der Waals surface area (Å²) in [5.41, 5.74) is 1.22. The number of hydrogen-bond acceptors (Lipinski definition) is 2. The molecule has 0 bridgehead atoms. The Morgan fingerprint density at radius 2 is 1.84 bits per heavy atom. The van der Waals surface area contributed by atoms with Crippen molar-refractivity contribution in [2.45, 2.75) is 33.2 Å². The Kier molecular flexibility index (Phi) is 5.28. The highest BCUT2D eigenvalue weighted by Crippen LogP contribution is 2.26. The molecule has 1 heterocycles. The van der Waals surface area contributed by atoms with Crippen molar-refractivity contribution in [3.63, 3.8) is 0 Å². The molecule has 1 aromatic carbocycles. The number of fused-ring (bicyclic) bond motifs is 1. The van der Waals surface area contributed by atoms with Crippen molar-refractivity contribution in [1.29, 1.82) is 0 Å². The van der Waals surface area contributed by atoms with E-state index in [4.69, 9.17) is 9.47 Å². The van der Waals surface area contributed by atoms with E-state index in [1.54, 1.807) is 0 Å². The van der Waals surface area contributed by atoms with Gasteiger partial charge in [0.05, 0.1) is 18.7 Å². The van der Waals surface area contributed by atoms with Gasteiger partial charge in [0, 0.05) is 24.7 Å². The predicted molar refractivity (Wildman–Crippen MR) is 78.8 cm³/mol. The molecule has 3 heteroatoms. The van der Waals surface area contributed by atoms with Crippen molar-refractivity contribution >= 4 is 10.9 Å². The molecule has 0 unspecified atom stereocenters. The summed E-state index contributed by atoms with van der Waals surface area (Å²) in [6.07, 6.45) is 4.21. The summed E-state index contributed by atoms with van der Waals surface area (Å²) >= 11 is 0. The van der Waals surface area contributed by atoms with Crippen molar-refractivity contribution in [2.75, 3.05) is 19.8 Å². The topological polar surface area (TPSA) is 23.4 Å². The first-order valence-electron chi connectivity index (χ1n) is 7.15. The van der Waals surface area contributed by atoms with Crippen LogP contribution in [-0.2, 0) is 11.3 Å². The van der Waals surface area contributed by atoms with Gasteiger partial charge in [-0.1, -0.05) is 19.9 Å². The largest absolute Gasteiger partial charge is 0.493 e. The van der Waals surface area contributed by atoms with E-state index in [9.17, 15) is 0 Å². The van der Waals surface area contributed by atoms with Gasteiger partial charge < -0.3 is 14.0 Å². The average molecular weight is 261 g/mol. The van der Waals surface area contributed by atoms with E-state index in [-0.39, 0.29) is 0 Å². The lowest BCUT2D eigenvalue weighted by Crippen LogP contribution is -2.05. The minimum absolute atomic E-state index is 0.762. The van der Waals surface area contributed by atoms with E-state index in [1.807, 2.05) is 6.07 Å². The normalized spacial score (nSPS) is 11.1. The molecule has 104 valence electrons. The molecule has 3 nitrogen and oxygen atoms in total. The lowest BCUT2D eigenvalue weighted by Gasteiger charge is -2.08. The van der Waals surface area contributed by atoms with E-state index >= 15 is 0 Å². The lowest BCUT2D eigenvalue weighted by atomic mass is 10.2. The Morgan fingerprint density at radius 3 is 2.63 bits per heavy atom. The highest BCUT2D eigenvalue weighted by atomic mass is 16.5. The number of aromatic nitrogens is 1. The third-order valence-corrected chi connectivity index (χ3v) is 3.06. The molecule has 0 N–H and O–H groups in total. The molecule has 0 aliphatic rings. The molecule has 19 heavy (non-hydrogen) atoms. The molecule has 0 saturated carbocycles. The fraction of sp³-hybridized carbons (Fsp3) is 0.500. The predicted octanol–water partition coefficient (Wildman–Crippen LogP) is 3.86. The second kappa shape index (κ2) is 7.19. The van der Waals surface area contributed by atoms with E-state index < -0.39 is 0 Å². The monoisotopic (exact) mass is 261 g/mol. The number of ether oxygens (including phenoxy) is 2. The molecule has 0 spiro atoms. The van der Waals surface area contributed by atoms with Gasteiger partial charge in [-0.3, -0.25) is 0 Å². The summed E-state index contributed by atoms with van der Waals surface area (Å²) in [7, 11) is 0. The first kappa shape index (κ1) is 13.9. The van der Waals surface area contributed by atoms with Gasteiger partial charge in [0.1, 0.15) is 5.75 Å². The van der Waals surface area contributed by atoms with E-state index in [0.717, 1.165) is 45.0 Å². The van der Waals surface area contributed by atoms with Crippen molar-refractivity contribution in [2.24, 2.45) is 0 Å². The molecule has 0 amide bonds. The minimum atomic E-state index is 0.762. The van der Waals surface area contributed by atoms with Crippen molar-refractivity contribution in [3.8, 4) is 5.75 Å². The maximum absolute atomic E-state index is 5.78. The second-order valence-corrected chi connectivity index (χ2v) is 4.66. The van der Waals surface area contributed by atoms with Crippen LogP contribution >= 0.6 is 0 Å². The summed E-state index contributed by atoms with van der Waals surface area (Å²) in [6, 6.07) is 8.35. The molecule has 0 aliphatic heterocycles. The maximum atomic E-state index is 5.78. The minimum Gasteiger partial charge on any atom is -0.493 e. The third kappa shape index (κ3) is 3.51. The Morgan fingerprint density at radius 1 is 1.00 bits per heavy atom. The zero-order valence-electron chi connectivity index (χ0n) is 11.9. The van der Waals surface area contributed by atoms with Crippen LogP contribution in [0.25, 0.3) is 10.9 Å². The van der Waals surface area contributed by atoms with Crippen LogP contribution in [0, 0.1) is 0 Å². The van der Waals surface area contributed by atoms with Gasteiger partial charge >= 0.3 is 0 Å². The Hall–Kier alpha value is -1.48. The van der Waals surface area contributed by atoms with Crippen molar-refractivity contribution in [1.82, 2.24) is 4.57 Å². The Balaban J connectivity index is 2.09. The maximum Gasteiger partial charge on any atom is 0.128 e. The zero-order valence-corrected chi connectivity index (χ0v) is 11.9. The number of rotatable bonds is 8. The van der Waals surface area contributed by atoms with Crippen molar-refractivity contribution < 1.29 is 9.47 Å². The second-order valence-electron chi connectivity index (χ2n) is 4.66. The van der Waals surface area contributed by atoms with Gasteiger partial charge in [-0.15, -0.1) is 0 Å². The van der Waals surface area contributed by atoms with E-state index in [1.165, 1.54) is 10.9 Å². The van der Waals surface area contributed by atoms with Gasteiger partial charge in [0.25, 0.3) is 0 Å². The summed E-state index contributed by atoms with van der Waals surface area (Å²) in [6.45, 7) is 7.51. The summed E-state index contributed by atoms with van der Waals surface area (Å²) in [4.78, 5) is 0. The molecule has 1 aromatic heterocycles. The van der Waals surface area contributed by atoms with Gasteiger partial charge in [-0.25, -0.2) is 0 Å². The van der Waals surface area contributed by atoms with Crippen LogP contribution < -0.4 is 4.74 Å². The standard InChI is InChI=1S/C16H23NO2/c1-3-11-18-13-10-17-9-8-14-15(17)6-5-7-16(14)19-12-4-2/h5-9H,3-4,10-13H2,1-2H3. The molecule has 2 rings (SSSR count). The van der Waals surface area contributed by atoms with Crippen molar-refractivity contribution in [3.05, 3.63) is 30.5 Å². The molecule has 0 fully saturated rings. The van der Waals surface area contributed by atoms with E-state index in [0.29, 0.717) is 0 Å². The number of hydrogen-bond donors (Lipinski definition) is 0. The van der Waals surface area contributed by atoms with E-state index in [2.05, 4.69) is 42.8 Å². The van der Waals surface area contributed by atoms with Crippen LogP contribution in [0.1, 0.15) is 26.7 Å². The van der Waals surface area contributed by atoms with Gasteiger partial charge in [-0.2, -0.15) is 0 Å². The SMILES string of the molecule is CCCOCCn1ccc2c(OCCC)cccc21. The van der Waals surface area contributed by atoms with Gasteiger partial charge in [-0.05, 0) is 31.0 Å². The molecular formula is C16H23NO2. The van der Waals surface area contributed by atoms with Gasteiger partial charge in [0.15, 0.2) is 0 Å². The lowest BCUT2D eigenvalue weighted by molar-refractivity contribution is 0.127. The van der Waals surface area contributed by atoms with Crippen LogP contribution in [0.15, 0.2) is 30.5 Å². The Labute approximate surface area is 115 Å². The number of benzene rings is 1. The first-order valence-corrected chi connectivity index (χ1v) is 7.15. The average Bonchev–Trinajstić information content (AvgIpc) is 2.85. The fourth-order valence-electron chi connectivity index (χ4n) is 2.14. The molecule has 2 aromatic rings. The third-order valence-electron chi connectivity index (χ3n) is 3.06. The smallest absolute Gasteiger partial charge is 0.128 e. The number of nitrogens with zero attached hydrogens (tertiary/aromatic N) is 1.